The van der Waals surface area contributed by atoms with Crippen LogP contribution in [-0.4, -0.2) is 49.0 Å². The van der Waals surface area contributed by atoms with Gasteiger partial charge in [-0.25, -0.2) is 19.9 Å². The largest absolute Gasteiger partial charge is 0.385 e. The fourth-order valence-electron chi connectivity index (χ4n) is 3.34. The Morgan fingerprint density at radius 2 is 2.08 bits per heavy atom. The van der Waals surface area contributed by atoms with E-state index >= 15 is 0 Å². The second-order valence-corrected chi connectivity index (χ2v) is 8.25. The average molecular weight is 377 g/mol. The van der Waals surface area contributed by atoms with Crippen LogP contribution in [0.2, 0.25) is 0 Å². The summed E-state index contributed by atoms with van der Waals surface area (Å²) in [5.74, 6) is 1.93. The van der Waals surface area contributed by atoms with Crippen molar-refractivity contribution in [1.82, 2.24) is 24.5 Å². The zero-order valence-corrected chi connectivity index (χ0v) is 15.8. The number of hydrogen-bond donors (Lipinski definition) is 1. The molecule has 132 valence electrons. The molecule has 1 saturated heterocycles. The lowest BCUT2D eigenvalue weighted by atomic mass is 9.90. The highest BCUT2D eigenvalue weighted by Crippen LogP contribution is 2.36. The Bertz CT molecular complexity index is 871. The fraction of sp³-hybridized carbons (Fsp3) is 0.500. The van der Waals surface area contributed by atoms with Crippen LogP contribution in [0.4, 0.5) is 5.82 Å². The van der Waals surface area contributed by atoms with Gasteiger partial charge in [0, 0.05) is 32.5 Å². The van der Waals surface area contributed by atoms with E-state index in [0.717, 1.165) is 52.3 Å². The van der Waals surface area contributed by atoms with E-state index in [1.807, 2.05) is 24.1 Å². The third-order valence-electron chi connectivity index (χ3n) is 4.74. The van der Waals surface area contributed by atoms with Gasteiger partial charge < -0.3 is 14.6 Å². The highest BCUT2D eigenvalue weighted by atomic mass is 32.2. The molecule has 1 fully saturated rings. The summed E-state index contributed by atoms with van der Waals surface area (Å²) < 4.78 is 3.96. The molecule has 1 N–H and O–H groups in total. The Balaban J connectivity index is 1.51. The average Bonchev–Trinajstić information content (AvgIpc) is 3.26. The molecular formula is C16H20N6OS2. The predicted molar refractivity (Wildman–Crippen MR) is 100 cm³/mol. The van der Waals surface area contributed by atoms with Crippen molar-refractivity contribution in [2.75, 3.05) is 24.2 Å². The number of thioether (sulfide) groups is 1. The molecule has 0 amide bonds. The number of nitrogens with zero attached hydrogens (tertiary/aromatic N) is 6. The maximum Gasteiger partial charge on any atom is 0.176 e. The summed E-state index contributed by atoms with van der Waals surface area (Å²) in [5, 5.41) is 10.6. The van der Waals surface area contributed by atoms with Crippen LogP contribution in [0.1, 0.15) is 24.8 Å². The van der Waals surface area contributed by atoms with Gasteiger partial charge in [-0.3, -0.25) is 0 Å². The minimum absolute atomic E-state index is 0.220. The van der Waals surface area contributed by atoms with Crippen molar-refractivity contribution in [2.45, 2.75) is 23.3 Å². The number of hydrogen-bond acceptors (Lipinski definition) is 8. The second-order valence-electron chi connectivity index (χ2n) is 6.20. The summed E-state index contributed by atoms with van der Waals surface area (Å²) in [6, 6.07) is 0. The van der Waals surface area contributed by atoms with E-state index in [9.17, 15) is 5.11 Å². The topological polar surface area (TPSA) is 80.0 Å². The normalized spacial score (nSPS) is 17.3. The molecule has 7 nitrogen and oxygen atoms in total. The standard InChI is InChI=1S/C16H20N6OS2/c1-21-8-5-17-14(21)11(23)10-3-6-22(7-4-10)15-12-13(18-9-19-15)20-16(24-2)25-12/h5,8-11,23H,3-4,6-7H2,1-2H3. The molecule has 0 bridgehead atoms. The molecule has 4 heterocycles. The number of rotatable bonds is 4. The van der Waals surface area contributed by atoms with Crippen LogP contribution < -0.4 is 4.90 Å². The lowest BCUT2D eigenvalue weighted by molar-refractivity contribution is 0.0824. The fourth-order valence-corrected chi connectivity index (χ4v) is 4.87. The number of aromatic nitrogens is 5. The van der Waals surface area contributed by atoms with Crippen molar-refractivity contribution in [3.63, 3.8) is 0 Å². The van der Waals surface area contributed by atoms with Gasteiger partial charge in [0.1, 0.15) is 23.0 Å². The van der Waals surface area contributed by atoms with Crippen LogP contribution in [0.15, 0.2) is 23.1 Å². The second kappa shape index (κ2) is 6.89. The van der Waals surface area contributed by atoms with Gasteiger partial charge in [0.2, 0.25) is 0 Å². The Morgan fingerprint density at radius 3 is 2.76 bits per heavy atom. The van der Waals surface area contributed by atoms with Crippen LogP contribution >= 0.6 is 23.1 Å². The van der Waals surface area contributed by atoms with Crippen LogP contribution in [0.25, 0.3) is 10.3 Å². The van der Waals surface area contributed by atoms with Gasteiger partial charge in [-0.2, -0.15) is 0 Å². The molecule has 1 aliphatic rings. The molecule has 1 atom stereocenters. The Kier molecular flexibility index (Phi) is 4.61. The molecule has 1 unspecified atom stereocenters. The first-order valence-corrected chi connectivity index (χ1v) is 10.3. The molecule has 4 rings (SSSR count). The van der Waals surface area contributed by atoms with Crippen molar-refractivity contribution in [2.24, 2.45) is 13.0 Å². The molecule has 25 heavy (non-hydrogen) atoms. The third-order valence-corrected chi connectivity index (χ3v) is 6.76. The maximum absolute atomic E-state index is 10.6. The summed E-state index contributed by atoms with van der Waals surface area (Å²) in [6.45, 7) is 1.73. The van der Waals surface area contributed by atoms with E-state index < -0.39 is 6.10 Å². The van der Waals surface area contributed by atoms with Crippen molar-refractivity contribution in [3.05, 3.63) is 24.5 Å². The Hall–Kier alpha value is -1.71. The monoisotopic (exact) mass is 376 g/mol. The van der Waals surface area contributed by atoms with Crippen molar-refractivity contribution >= 4 is 39.3 Å². The van der Waals surface area contributed by atoms with Gasteiger partial charge in [0.15, 0.2) is 15.8 Å². The van der Waals surface area contributed by atoms with Crippen molar-refractivity contribution < 1.29 is 5.11 Å². The molecule has 0 aliphatic carbocycles. The van der Waals surface area contributed by atoms with Crippen molar-refractivity contribution in [3.8, 4) is 0 Å². The first kappa shape index (κ1) is 16.7. The number of imidazole rings is 1. The van der Waals surface area contributed by atoms with Crippen LogP contribution in [0.3, 0.4) is 0 Å². The van der Waals surface area contributed by atoms with E-state index in [1.165, 1.54) is 0 Å². The molecule has 3 aromatic heterocycles. The first-order chi connectivity index (χ1) is 12.2. The number of fused-ring (bicyclic) bond motifs is 1. The smallest absolute Gasteiger partial charge is 0.176 e. The Labute approximate surface area is 154 Å². The molecule has 0 saturated carbocycles. The first-order valence-electron chi connectivity index (χ1n) is 8.23. The number of thiazole rings is 1. The summed E-state index contributed by atoms with van der Waals surface area (Å²) in [5.41, 5.74) is 0.773. The maximum atomic E-state index is 10.6. The Morgan fingerprint density at radius 1 is 1.28 bits per heavy atom. The van der Waals surface area contributed by atoms with Gasteiger partial charge in [-0.05, 0) is 25.0 Å². The van der Waals surface area contributed by atoms with Gasteiger partial charge in [0.05, 0.1) is 0 Å². The molecule has 3 aromatic rings. The van der Waals surface area contributed by atoms with Gasteiger partial charge in [0.25, 0.3) is 0 Å². The lowest BCUT2D eigenvalue weighted by Crippen LogP contribution is -2.36. The molecule has 0 radical (unpaired) electrons. The zero-order valence-electron chi connectivity index (χ0n) is 14.2. The quantitative estimate of drug-likeness (QED) is 0.701. The van der Waals surface area contributed by atoms with Gasteiger partial charge >= 0.3 is 0 Å². The highest BCUT2D eigenvalue weighted by molar-refractivity contribution is 8.00. The van der Waals surface area contributed by atoms with E-state index in [0.29, 0.717) is 0 Å². The molecule has 0 spiro atoms. The number of aliphatic hydroxyl groups excluding tert-OH is 1. The molecule has 0 aromatic carbocycles. The molecular weight excluding hydrogens is 356 g/mol. The van der Waals surface area contributed by atoms with Crippen LogP contribution in [0, 0.1) is 5.92 Å². The third kappa shape index (κ3) is 3.11. The van der Waals surface area contributed by atoms with E-state index in [2.05, 4.69) is 24.8 Å². The minimum Gasteiger partial charge on any atom is -0.385 e. The number of aliphatic hydroxyl groups is 1. The number of anilines is 1. The molecule has 1 aliphatic heterocycles. The SMILES string of the molecule is CSc1nc2ncnc(N3CCC(C(O)c4nccn4C)CC3)c2s1. The summed E-state index contributed by atoms with van der Waals surface area (Å²) in [4.78, 5) is 19.9. The van der Waals surface area contributed by atoms with Crippen LogP contribution in [0.5, 0.6) is 0 Å². The number of piperidine rings is 1. The van der Waals surface area contributed by atoms with Crippen molar-refractivity contribution in [1.29, 1.82) is 0 Å². The van der Waals surface area contributed by atoms with Gasteiger partial charge in [-0.1, -0.05) is 11.8 Å². The lowest BCUT2D eigenvalue weighted by Gasteiger charge is -2.34. The van der Waals surface area contributed by atoms with E-state index in [1.54, 1.807) is 35.6 Å². The van der Waals surface area contributed by atoms with E-state index in [4.69, 9.17) is 0 Å². The van der Waals surface area contributed by atoms with Gasteiger partial charge in [-0.15, -0.1) is 11.3 Å². The summed E-state index contributed by atoms with van der Waals surface area (Å²) >= 11 is 3.28. The summed E-state index contributed by atoms with van der Waals surface area (Å²) in [7, 11) is 1.92. The minimum atomic E-state index is -0.515. The predicted octanol–water partition coefficient (Wildman–Crippen LogP) is 2.49. The highest BCUT2D eigenvalue weighted by Gasteiger charge is 2.29. The molecule has 9 heteroatoms. The zero-order chi connectivity index (χ0) is 17.4. The summed E-state index contributed by atoms with van der Waals surface area (Å²) in [6.07, 6.45) is 8.53. The van der Waals surface area contributed by atoms with E-state index in [-0.39, 0.29) is 5.92 Å². The number of aryl methyl sites for hydroxylation is 1. The van der Waals surface area contributed by atoms with Crippen LogP contribution in [-0.2, 0) is 7.05 Å².